The summed E-state index contributed by atoms with van der Waals surface area (Å²) in [5, 5.41) is 0. The van der Waals surface area contributed by atoms with Crippen LogP contribution in [0.2, 0.25) is 0 Å². The summed E-state index contributed by atoms with van der Waals surface area (Å²) in [4.78, 5) is 10.8. The quantitative estimate of drug-likeness (QED) is 0.868. The number of carbonyl (C=O) groups is 1. The Hall–Kier alpha value is -1.64. The lowest BCUT2D eigenvalue weighted by atomic mass is 10.2. The first kappa shape index (κ1) is 15.7. The average Bonchev–Trinajstić information content (AvgIpc) is 3.04. The van der Waals surface area contributed by atoms with Gasteiger partial charge < -0.3 is 0 Å². The number of sulfonamides is 1. The van der Waals surface area contributed by atoms with E-state index in [9.17, 15) is 30.8 Å². The lowest BCUT2D eigenvalue weighted by Gasteiger charge is -2.11. The molecular formula is C12H11F4NO3S. The molecule has 9 heteroatoms. The summed E-state index contributed by atoms with van der Waals surface area (Å²) >= 11 is 0. The van der Waals surface area contributed by atoms with Crippen molar-refractivity contribution in [3.05, 3.63) is 29.6 Å². The van der Waals surface area contributed by atoms with Gasteiger partial charge in [0, 0.05) is 5.92 Å². The highest BCUT2D eigenvalue weighted by Gasteiger charge is 2.41. The SMILES string of the molecule is CC1CC1C(=O)NS(=O)(=O)c1ccc(F)c(C(F)(F)F)c1. The first-order valence-electron chi connectivity index (χ1n) is 5.96. The molecule has 0 heterocycles. The Labute approximate surface area is 118 Å². The Bertz CT molecular complexity index is 684. The number of hydrogen-bond donors (Lipinski definition) is 1. The van der Waals surface area contributed by atoms with Gasteiger partial charge in [0.05, 0.1) is 10.5 Å². The summed E-state index contributed by atoms with van der Waals surface area (Å²) in [5.41, 5.74) is -1.70. The summed E-state index contributed by atoms with van der Waals surface area (Å²) in [6, 6.07) is 1.25. The van der Waals surface area contributed by atoms with Gasteiger partial charge in [0.1, 0.15) is 5.82 Å². The van der Waals surface area contributed by atoms with Crippen LogP contribution in [0.25, 0.3) is 0 Å². The van der Waals surface area contributed by atoms with Gasteiger partial charge >= 0.3 is 6.18 Å². The van der Waals surface area contributed by atoms with Crippen LogP contribution in [-0.4, -0.2) is 14.3 Å². The van der Waals surface area contributed by atoms with Gasteiger partial charge in [-0.25, -0.2) is 17.5 Å². The minimum Gasteiger partial charge on any atom is -0.274 e. The molecule has 1 aromatic carbocycles. The van der Waals surface area contributed by atoms with E-state index in [-0.39, 0.29) is 12.0 Å². The van der Waals surface area contributed by atoms with E-state index in [1.807, 2.05) is 0 Å². The minimum atomic E-state index is -5.02. The number of amides is 1. The van der Waals surface area contributed by atoms with Crippen LogP contribution in [0.15, 0.2) is 23.1 Å². The molecule has 1 aliphatic rings. The standard InChI is InChI=1S/C12H11F4NO3S/c1-6-4-8(6)11(18)17-21(19,20)7-2-3-10(13)9(5-7)12(14,15)16/h2-3,5-6,8H,4H2,1H3,(H,17,18). The third-order valence-corrected chi connectivity index (χ3v) is 4.58. The van der Waals surface area contributed by atoms with Crippen molar-refractivity contribution in [2.75, 3.05) is 0 Å². The second-order valence-corrected chi connectivity index (χ2v) is 6.61. The molecule has 2 unspecified atom stereocenters. The second-order valence-electron chi connectivity index (χ2n) is 4.93. The number of carbonyl (C=O) groups excluding carboxylic acids is 1. The fraction of sp³-hybridized carbons (Fsp3) is 0.417. The molecular weight excluding hydrogens is 314 g/mol. The summed E-state index contributed by atoms with van der Waals surface area (Å²) in [6.07, 6.45) is -4.50. The van der Waals surface area contributed by atoms with Crippen molar-refractivity contribution in [2.24, 2.45) is 11.8 Å². The lowest BCUT2D eigenvalue weighted by Crippen LogP contribution is -2.32. The van der Waals surface area contributed by atoms with Crippen LogP contribution in [0.3, 0.4) is 0 Å². The molecule has 21 heavy (non-hydrogen) atoms. The summed E-state index contributed by atoms with van der Waals surface area (Å²) in [6.45, 7) is 1.75. The molecule has 0 aromatic heterocycles. The van der Waals surface area contributed by atoms with Crippen LogP contribution < -0.4 is 4.72 Å². The fourth-order valence-electron chi connectivity index (χ4n) is 1.84. The highest BCUT2D eigenvalue weighted by molar-refractivity contribution is 7.90. The van der Waals surface area contributed by atoms with E-state index in [0.29, 0.717) is 18.6 Å². The predicted molar refractivity (Wildman–Crippen MR) is 64.0 cm³/mol. The van der Waals surface area contributed by atoms with Crippen LogP contribution in [0.1, 0.15) is 18.9 Å². The van der Waals surface area contributed by atoms with E-state index in [2.05, 4.69) is 0 Å². The van der Waals surface area contributed by atoms with Crippen molar-refractivity contribution >= 4 is 15.9 Å². The molecule has 0 aliphatic heterocycles. The molecule has 1 fully saturated rings. The van der Waals surface area contributed by atoms with Gasteiger partial charge in [-0.3, -0.25) is 4.79 Å². The third kappa shape index (κ3) is 3.34. The lowest BCUT2D eigenvalue weighted by molar-refractivity contribution is -0.140. The molecule has 0 bridgehead atoms. The van der Waals surface area contributed by atoms with Gasteiger partial charge in [-0.2, -0.15) is 13.2 Å². The van der Waals surface area contributed by atoms with E-state index in [1.165, 1.54) is 0 Å². The molecule has 0 saturated heterocycles. The first-order valence-corrected chi connectivity index (χ1v) is 7.44. The predicted octanol–water partition coefficient (Wildman–Crippen LogP) is 2.31. The molecule has 1 aromatic rings. The van der Waals surface area contributed by atoms with E-state index in [0.717, 1.165) is 0 Å². The minimum absolute atomic E-state index is 0.0409. The molecule has 1 aliphatic carbocycles. The van der Waals surface area contributed by atoms with Crippen LogP contribution >= 0.6 is 0 Å². The average molecular weight is 325 g/mol. The largest absolute Gasteiger partial charge is 0.419 e. The third-order valence-electron chi connectivity index (χ3n) is 3.23. The van der Waals surface area contributed by atoms with E-state index in [4.69, 9.17) is 0 Å². The zero-order valence-electron chi connectivity index (χ0n) is 10.7. The monoisotopic (exact) mass is 325 g/mol. The Morgan fingerprint density at radius 3 is 2.38 bits per heavy atom. The Balaban J connectivity index is 2.30. The molecule has 0 spiro atoms. The maximum Gasteiger partial charge on any atom is 0.419 e. The van der Waals surface area contributed by atoms with Gasteiger partial charge in [-0.1, -0.05) is 6.92 Å². The highest BCUT2D eigenvalue weighted by Crippen LogP contribution is 2.38. The van der Waals surface area contributed by atoms with Crippen molar-refractivity contribution in [2.45, 2.75) is 24.4 Å². The molecule has 4 nitrogen and oxygen atoms in total. The van der Waals surface area contributed by atoms with Crippen molar-refractivity contribution in [1.82, 2.24) is 4.72 Å². The molecule has 0 radical (unpaired) electrons. The van der Waals surface area contributed by atoms with Crippen LogP contribution in [-0.2, 0) is 21.0 Å². The molecule has 1 amide bonds. The number of benzene rings is 1. The van der Waals surface area contributed by atoms with Crippen molar-refractivity contribution in [1.29, 1.82) is 0 Å². The molecule has 2 rings (SSSR count). The van der Waals surface area contributed by atoms with Gasteiger partial charge in [0.25, 0.3) is 10.0 Å². The maximum atomic E-state index is 13.1. The van der Waals surface area contributed by atoms with Crippen LogP contribution in [0, 0.1) is 17.7 Å². The van der Waals surface area contributed by atoms with E-state index >= 15 is 0 Å². The zero-order chi connectivity index (χ0) is 16.0. The summed E-state index contributed by atoms with van der Waals surface area (Å²) < 4.78 is 76.2. The smallest absolute Gasteiger partial charge is 0.274 e. The summed E-state index contributed by atoms with van der Waals surface area (Å²) in [7, 11) is -4.45. The number of halogens is 4. The van der Waals surface area contributed by atoms with Gasteiger partial charge in [-0.15, -0.1) is 0 Å². The number of nitrogens with one attached hydrogen (secondary N) is 1. The Morgan fingerprint density at radius 1 is 1.33 bits per heavy atom. The number of hydrogen-bond acceptors (Lipinski definition) is 3. The highest BCUT2D eigenvalue weighted by atomic mass is 32.2. The van der Waals surface area contributed by atoms with Gasteiger partial charge in [0.2, 0.25) is 5.91 Å². The first-order chi connectivity index (χ1) is 9.52. The van der Waals surface area contributed by atoms with Gasteiger partial charge in [-0.05, 0) is 30.5 Å². The number of alkyl halides is 3. The van der Waals surface area contributed by atoms with Crippen LogP contribution in [0.4, 0.5) is 17.6 Å². The molecule has 2 atom stereocenters. The van der Waals surface area contributed by atoms with Crippen molar-refractivity contribution in [3.8, 4) is 0 Å². The van der Waals surface area contributed by atoms with Crippen molar-refractivity contribution in [3.63, 3.8) is 0 Å². The van der Waals surface area contributed by atoms with E-state index < -0.39 is 44.3 Å². The topological polar surface area (TPSA) is 63.2 Å². The van der Waals surface area contributed by atoms with Crippen LogP contribution in [0.5, 0.6) is 0 Å². The van der Waals surface area contributed by atoms with Gasteiger partial charge in [0.15, 0.2) is 0 Å². The Kier molecular flexibility index (Phi) is 3.73. The van der Waals surface area contributed by atoms with Crippen molar-refractivity contribution < 1.29 is 30.8 Å². The normalized spacial score (nSPS) is 22.0. The molecule has 116 valence electrons. The maximum absolute atomic E-state index is 13.1. The Morgan fingerprint density at radius 2 is 1.90 bits per heavy atom. The zero-order valence-corrected chi connectivity index (χ0v) is 11.6. The number of rotatable bonds is 3. The molecule has 1 saturated carbocycles. The summed E-state index contributed by atoms with van der Waals surface area (Å²) in [5.74, 6) is -2.76. The van der Waals surface area contributed by atoms with E-state index in [1.54, 1.807) is 11.6 Å². The second kappa shape index (κ2) is 4.97. The fourth-order valence-corrected chi connectivity index (χ4v) is 2.90. The molecule has 1 N–H and O–H groups in total.